The normalized spacial score (nSPS) is 17.2. The van der Waals surface area contributed by atoms with Crippen LogP contribution in [0.1, 0.15) is 38.2 Å². The Balaban J connectivity index is 1.80. The number of nitrogens with zero attached hydrogens (tertiary/aromatic N) is 6. The molecule has 3 aromatic heterocycles. The van der Waals surface area contributed by atoms with Gasteiger partial charge in [0.05, 0.1) is 36.7 Å². The van der Waals surface area contributed by atoms with Crippen molar-refractivity contribution in [1.29, 1.82) is 0 Å². The predicted molar refractivity (Wildman–Crippen MR) is 104 cm³/mol. The van der Waals surface area contributed by atoms with Gasteiger partial charge in [-0.2, -0.15) is 0 Å². The summed E-state index contributed by atoms with van der Waals surface area (Å²) < 4.78 is 28.8. The summed E-state index contributed by atoms with van der Waals surface area (Å²) >= 11 is 6.24. The quantitative estimate of drug-likeness (QED) is 0.637. The van der Waals surface area contributed by atoms with E-state index in [-0.39, 0.29) is 19.0 Å². The molecule has 4 heterocycles. The van der Waals surface area contributed by atoms with Crippen molar-refractivity contribution in [2.24, 2.45) is 5.92 Å². The summed E-state index contributed by atoms with van der Waals surface area (Å²) in [5, 5.41) is 0.553. The zero-order valence-corrected chi connectivity index (χ0v) is 16.7. The minimum atomic E-state index is -2.69. The number of aromatic nitrogens is 5. The number of hydrogen-bond acceptors (Lipinski definition) is 5. The molecular weight excluding hydrogens is 386 g/mol. The molecule has 0 radical (unpaired) electrons. The van der Waals surface area contributed by atoms with Gasteiger partial charge in [0.25, 0.3) is 5.92 Å². The molecule has 3 aromatic rings. The van der Waals surface area contributed by atoms with E-state index in [1.807, 2.05) is 11.5 Å². The molecule has 0 amide bonds. The highest BCUT2D eigenvalue weighted by molar-refractivity contribution is 6.31. The zero-order valence-electron chi connectivity index (χ0n) is 15.9. The Hall–Kier alpha value is -2.35. The van der Waals surface area contributed by atoms with Crippen LogP contribution in [0.15, 0.2) is 24.7 Å². The van der Waals surface area contributed by atoms with Crippen LogP contribution < -0.4 is 4.90 Å². The Labute approximate surface area is 166 Å². The van der Waals surface area contributed by atoms with Crippen molar-refractivity contribution >= 4 is 28.6 Å². The Morgan fingerprint density at radius 1 is 1.18 bits per heavy atom. The number of anilines is 1. The van der Waals surface area contributed by atoms with E-state index in [9.17, 15) is 8.78 Å². The number of hydrogen-bond donors (Lipinski definition) is 0. The third-order valence-electron chi connectivity index (χ3n) is 5.17. The lowest BCUT2D eigenvalue weighted by Gasteiger charge is -2.39. The molecule has 0 N–H and O–H groups in total. The van der Waals surface area contributed by atoms with E-state index in [4.69, 9.17) is 16.6 Å². The molecule has 1 saturated heterocycles. The van der Waals surface area contributed by atoms with Gasteiger partial charge in [-0.25, -0.2) is 23.7 Å². The number of rotatable bonds is 5. The second-order valence-electron chi connectivity index (χ2n) is 7.63. The summed E-state index contributed by atoms with van der Waals surface area (Å²) in [6.07, 6.45) is 3.31. The molecule has 1 unspecified atom stereocenters. The molecule has 0 aromatic carbocycles. The second kappa shape index (κ2) is 6.92. The van der Waals surface area contributed by atoms with Crippen LogP contribution in [0.25, 0.3) is 11.2 Å². The Bertz CT molecular complexity index is 1010. The van der Waals surface area contributed by atoms with E-state index in [2.05, 4.69) is 28.8 Å². The van der Waals surface area contributed by atoms with Crippen molar-refractivity contribution < 1.29 is 8.78 Å². The maximum Gasteiger partial charge on any atom is 0.282 e. The molecule has 0 aliphatic carbocycles. The molecule has 148 valence electrons. The number of fused-ring (bicyclic) bond motifs is 1. The highest BCUT2D eigenvalue weighted by atomic mass is 35.5. The van der Waals surface area contributed by atoms with Gasteiger partial charge in [-0.1, -0.05) is 32.4 Å². The second-order valence-corrected chi connectivity index (χ2v) is 8.03. The molecule has 0 bridgehead atoms. The summed E-state index contributed by atoms with van der Waals surface area (Å²) in [7, 11) is 0. The smallest absolute Gasteiger partial charge is 0.282 e. The molecule has 1 aliphatic heterocycles. The summed E-state index contributed by atoms with van der Waals surface area (Å²) in [5.74, 6) is -1.21. The van der Waals surface area contributed by atoms with E-state index in [1.54, 1.807) is 29.6 Å². The lowest BCUT2D eigenvalue weighted by Crippen LogP contribution is -2.56. The topological polar surface area (TPSA) is 59.7 Å². The maximum absolute atomic E-state index is 13.5. The first-order valence-corrected chi connectivity index (χ1v) is 9.58. The van der Waals surface area contributed by atoms with Gasteiger partial charge in [-0.15, -0.1) is 0 Å². The van der Waals surface area contributed by atoms with Gasteiger partial charge in [-0.3, -0.25) is 4.98 Å². The van der Waals surface area contributed by atoms with Crippen molar-refractivity contribution in [2.45, 2.75) is 39.2 Å². The summed E-state index contributed by atoms with van der Waals surface area (Å²) in [4.78, 5) is 19.6. The lowest BCUT2D eigenvalue weighted by atomic mass is 9.97. The molecule has 9 heteroatoms. The average Bonchev–Trinajstić information content (AvgIpc) is 3.03. The lowest BCUT2D eigenvalue weighted by molar-refractivity contribution is -0.0265. The fraction of sp³-hybridized carbons (Fsp3) is 0.474. The van der Waals surface area contributed by atoms with Crippen LogP contribution in [0.5, 0.6) is 0 Å². The van der Waals surface area contributed by atoms with Crippen molar-refractivity contribution in [3.05, 3.63) is 41.2 Å². The van der Waals surface area contributed by atoms with Crippen molar-refractivity contribution in [3.8, 4) is 0 Å². The van der Waals surface area contributed by atoms with E-state index in [0.29, 0.717) is 46.0 Å². The van der Waals surface area contributed by atoms with Crippen molar-refractivity contribution in [1.82, 2.24) is 24.5 Å². The first-order valence-electron chi connectivity index (χ1n) is 9.20. The molecule has 0 saturated carbocycles. The molecule has 1 aliphatic rings. The van der Waals surface area contributed by atoms with Gasteiger partial charge in [-0.05, 0) is 18.1 Å². The highest BCUT2D eigenvalue weighted by Crippen LogP contribution is 2.35. The van der Waals surface area contributed by atoms with Crippen molar-refractivity contribution in [2.75, 3.05) is 18.0 Å². The molecule has 0 spiro atoms. The van der Waals surface area contributed by atoms with Crippen LogP contribution >= 0.6 is 11.6 Å². The predicted octanol–water partition coefficient (Wildman–Crippen LogP) is 4.14. The van der Waals surface area contributed by atoms with E-state index >= 15 is 0 Å². The number of halogens is 3. The molecular formula is C19H21ClF2N6. The highest BCUT2D eigenvalue weighted by Gasteiger charge is 2.45. The molecule has 4 rings (SSSR count). The van der Waals surface area contributed by atoms with Gasteiger partial charge in [0.1, 0.15) is 5.82 Å². The Morgan fingerprint density at radius 2 is 1.93 bits per heavy atom. The Morgan fingerprint density at radius 3 is 2.57 bits per heavy atom. The van der Waals surface area contributed by atoms with Crippen LogP contribution in [0, 0.1) is 5.92 Å². The van der Waals surface area contributed by atoms with E-state index in [1.165, 1.54) is 0 Å². The number of pyridine rings is 1. The third kappa shape index (κ3) is 3.41. The van der Waals surface area contributed by atoms with Crippen LogP contribution in [0.2, 0.25) is 5.02 Å². The fourth-order valence-corrected chi connectivity index (χ4v) is 3.32. The number of imidazole rings is 1. The van der Waals surface area contributed by atoms with Gasteiger partial charge in [0, 0.05) is 12.1 Å². The summed E-state index contributed by atoms with van der Waals surface area (Å²) in [6.45, 7) is 5.89. The monoisotopic (exact) mass is 406 g/mol. The van der Waals surface area contributed by atoms with Crippen molar-refractivity contribution in [3.63, 3.8) is 0 Å². The van der Waals surface area contributed by atoms with E-state index in [0.717, 1.165) is 0 Å². The SMILES string of the molecule is CC(C)C(C)c1nc(N2CC(F)(F)C2)c2ncn(Cc3ncccc3Cl)c2n1. The average molecular weight is 407 g/mol. The van der Waals surface area contributed by atoms with Gasteiger partial charge >= 0.3 is 0 Å². The number of alkyl halides is 2. The minimum absolute atomic E-state index is 0.0757. The Kier molecular flexibility index (Phi) is 4.69. The summed E-state index contributed by atoms with van der Waals surface area (Å²) in [6, 6.07) is 3.54. The largest absolute Gasteiger partial charge is 0.342 e. The van der Waals surface area contributed by atoms with Crippen LogP contribution in [-0.4, -0.2) is 43.5 Å². The first kappa shape index (κ1) is 19.0. The summed E-state index contributed by atoms with van der Waals surface area (Å²) in [5.41, 5.74) is 1.81. The third-order valence-corrected chi connectivity index (χ3v) is 5.51. The molecule has 6 nitrogen and oxygen atoms in total. The zero-order chi connectivity index (χ0) is 20.1. The fourth-order valence-electron chi connectivity index (χ4n) is 3.14. The van der Waals surface area contributed by atoms with Crippen LogP contribution in [0.4, 0.5) is 14.6 Å². The molecule has 1 fully saturated rings. The van der Waals surface area contributed by atoms with E-state index < -0.39 is 5.92 Å². The first-order chi connectivity index (χ1) is 13.2. The van der Waals surface area contributed by atoms with Crippen LogP contribution in [0.3, 0.4) is 0 Å². The minimum Gasteiger partial charge on any atom is -0.342 e. The standard InChI is InChI=1S/C19H21ClF2N6/c1-11(2)12(3)16-25-17-15(18(26-16)28-8-19(21,22)9-28)24-10-27(17)7-14-13(20)5-4-6-23-14/h4-6,10-12H,7-9H2,1-3H3. The van der Waals surface area contributed by atoms with Crippen LogP contribution in [-0.2, 0) is 6.54 Å². The maximum atomic E-state index is 13.5. The van der Waals surface area contributed by atoms with Gasteiger partial charge < -0.3 is 9.47 Å². The molecule has 28 heavy (non-hydrogen) atoms. The molecule has 1 atom stereocenters. The van der Waals surface area contributed by atoms with Gasteiger partial charge in [0.2, 0.25) is 0 Å². The van der Waals surface area contributed by atoms with Gasteiger partial charge in [0.15, 0.2) is 17.0 Å².